The molecule has 2 heterocycles. The third kappa shape index (κ3) is 3.15. The van der Waals surface area contributed by atoms with Gasteiger partial charge in [-0.05, 0) is 25.0 Å². The lowest BCUT2D eigenvalue weighted by molar-refractivity contribution is -0.142. The number of carbonyl (C=O) groups is 2. The third-order valence-corrected chi connectivity index (χ3v) is 4.44. The summed E-state index contributed by atoms with van der Waals surface area (Å²) in [6.45, 7) is 1.76. The number of morpholine rings is 1. The molecule has 3 rings (SSSR count). The van der Waals surface area contributed by atoms with Crippen LogP contribution in [0.3, 0.4) is 0 Å². The zero-order valence-electron chi connectivity index (χ0n) is 12.2. The number of carboxylic acids is 1. The maximum absolute atomic E-state index is 11.9. The summed E-state index contributed by atoms with van der Waals surface area (Å²) in [5.74, 6) is -0.533. The molecule has 2 fully saturated rings. The number of furan rings is 1. The molecular formula is C15H20N2O5. The third-order valence-electron chi connectivity index (χ3n) is 4.44. The van der Waals surface area contributed by atoms with E-state index in [4.69, 9.17) is 14.3 Å². The summed E-state index contributed by atoms with van der Waals surface area (Å²) in [5, 5.41) is 11.9. The van der Waals surface area contributed by atoms with E-state index in [1.54, 1.807) is 12.1 Å². The van der Waals surface area contributed by atoms with E-state index in [0.29, 0.717) is 25.5 Å². The molecule has 1 aromatic rings. The van der Waals surface area contributed by atoms with Crippen LogP contribution in [0.25, 0.3) is 0 Å². The number of nitrogens with one attached hydrogen (secondary N) is 1. The van der Waals surface area contributed by atoms with Gasteiger partial charge in [-0.2, -0.15) is 0 Å². The van der Waals surface area contributed by atoms with Crippen LogP contribution in [0.1, 0.15) is 23.4 Å². The van der Waals surface area contributed by atoms with Gasteiger partial charge in [-0.1, -0.05) is 0 Å². The predicted molar refractivity (Wildman–Crippen MR) is 76.5 cm³/mol. The number of aliphatic carboxylic acids is 1. The van der Waals surface area contributed by atoms with Crippen LogP contribution in [-0.2, 0) is 9.53 Å². The van der Waals surface area contributed by atoms with E-state index in [2.05, 4.69) is 5.32 Å². The lowest BCUT2D eigenvalue weighted by Gasteiger charge is -2.38. The van der Waals surface area contributed by atoms with Crippen molar-refractivity contribution in [3.63, 3.8) is 0 Å². The Bertz CT molecular complexity index is 530. The first-order valence-electron chi connectivity index (χ1n) is 7.54. The topological polar surface area (TPSA) is 92.0 Å². The highest BCUT2D eigenvalue weighted by Gasteiger charge is 2.43. The molecule has 0 radical (unpaired) electrons. The molecule has 22 heavy (non-hydrogen) atoms. The summed E-state index contributed by atoms with van der Waals surface area (Å²) < 4.78 is 10.9. The SMILES string of the molecule is O=C(O)CN1CCO[C@@H]2[C@@H](CNC(=O)c3ccco3)CC[C@@H]21. The second-order valence-corrected chi connectivity index (χ2v) is 5.79. The largest absolute Gasteiger partial charge is 0.480 e. The van der Waals surface area contributed by atoms with Gasteiger partial charge in [0.15, 0.2) is 5.76 Å². The molecule has 0 spiro atoms. The highest BCUT2D eigenvalue weighted by molar-refractivity contribution is 5.91. The fourth-order valence-corrected chi connectivity index (χ4v) is 3.44. The summed E-state index contributed by atoms with van der Waals surface area (Å²) in [4.78, 5) is 24.8. The molecule has 1 amide bonds. The molecule has 7 heteroatoms. The van der Waals surface area contributed by atoms with E-state index in [1.807, 2.05) is 4.90 Å². The monoisotopic (exact) mass is 308 g/mol. The Morgan fingerprint density at radius 1 is 1.41 bits per heavy atom. The molecule has 0 aromatic carbocycles. The number of amides is 1. The van der Waals surface area contributed by atoms with Crippen LogP contribution < -0.4 is 5.32 Å². The molecule has 0 bridgehead atoms. The number of rotatable bonds is 5. The Morgan fingerprint density at radius 3 is 3.00 bits per heavy atom. The summed E-state index contributed by atoms with van der Waals surface area (Å²) in [6, 6.07) is 3.43. The van der Waals surface area contributed by atoms with Crippen LogP contribution in [0.2, 0.25) is 0 Å². The van der Waals surface area contributed by atoms with Crippen molar-refractivity contribution in [3.8, 4) is 0 Å². The highest BCUT2D eigenvalue weighted by Crippen LogP contribution is 2.34. The van der Waals surface area contributed by atoms with Gasteiger partial charge in [-0.3, -0.25) is 14.5 Å². The molecular weight excluding hydrogens is 288 g/mol. The van der Waals surface area contributed by atoms with E-state index >= 15 is 0 Å². The van der Waals surface area contributed by atoms with Crippen LogP contribution in [0, 0.1) is 5.92 Å². The van der Waals surface area contributed by atoms with Gasteiger partial charge in [-0.25, -0.2) is 0 Å². The number of carbonyl (C=O) groups excluding carboxylic acids is 1. The first-order chi connectivity index (χ1) is 10.6. The van der Waals surface area contributed by atoms with Crippen molar-refractivity contribution in [2.24, 2.45) is 5.92 Å². The Labute approximate surface area is 128 Å². The molecule has 3 atom stereocenters. The van der Waals surface area contributed by atoms with E-state index < -0.39 is 5.97 Å². The molecule has 2 N–H and O–H groups in total. The van der Waals surface area contributed by atoms with Crippen LogP contribution in [0.5, 0.6) is 0 Å². The van der Waals surface area contributed by atoms with Crippen LogP contribution in [0.15, 0.2) is 22.8 Å². The molecule has 0 unspecified atom stereocenters. The number of ether oxygens (including phenoxy) is 1. The summed E-state index contributed by atoms with van der Waals surface area (Å²) >= 11 is 0. The molecule has 1 aliphatic heterocycles. The van der Waals surface area contributed by atoms with Crippen molar-refractivity contribution >= 4 is 11.9 Å². The standard InChI is InChI=1S/C15H20N2O5/c18-13(19)9-17-5-7-22-14-10(3-4-11(14)17)8-16-15(20)12-2-1-6-21-12/h1-2,6,10-11,14H,3-5,7-9H2,(H,16,20)(H,18,19)/t10-,11+,14-/m1/s1. The van der Waals surface area contributed by atoms with Crippen LogP contribution >= 0.6 is 0 Å². The number of carboxylic acid groups (broad SMARTS) is 1. The summed E-state index contributed by atoms with van der Waals surface area (Å²) in [5.41, 5.74) is 0. The van der Waals surface area contributed by atoms with Crippen molar-refractivity contribution in [1.82, 2.24) is 10.2 Å². The first kappa shape index (κ1) is 15.1. The smallest absolute Gasteiger partial charge is 0.317 e. The van der Waals surface area contributed by atoms with Gasteiger partial charge in [0.2, 0.25) is 0 Å². The fraction of sp³-hybridized carbons (Fsp3) is 0.600. The molecule has 1 saturated carbocycles. The van der Waals surface area contributed by atoms with Crippen molar-refractivity contribution in [3.05, 3.63) is 24.2 Å². The quantitative estimate of drug-likeness (QED) is 0.826. The lowest BCUT2D eigenvalue weighted by Crippen LogP contribution is -2.52. The van der Waals surface area contributed by atoms with E-state index in [9.17, 15) is 9.59 Å². The van der Waals surface area contributed by atoms with Gasteiger partial charge >= 0.3 is 5.97 Å². The van der Waals surface area contributed by atoms with Crippen molar-refractivity contribution in [2.75, 3.05) is 26.2 Å². The Morgan fingerprint density at radius 2 is 2.27 bits per heavy atom. The second-order valence-electron chi connectivity index (χ2n) is 5.79. The number of hydrogen-bond donors (Lipinski definition) is 2. The molecule has 120 valence electrons. The summed E-state index contributed by atoms with van der Waals surface area (Å²) in [7, 11) is 0. The van der Waals surface area contributed by atoms with E-state index in [-0.39, 0.29) is 30.5 Å². The molecule has 1 aromatic heterocycles. The predicted octanol–water partition coefficient (Wildman–Crippen LogP) is 0.573. The first-order valence-corrected chi connectivity index (χ1v) is 7.54. The minimum absolute atomic E-state index is 0.00926. The Kier molecular flexibility index (Phi) is 4.44. The number of nitrogens with zero attached hydrogens (tertiary/aromatic N) is 1. The minimum Gasteiger partial charge on any atom is -0.480 e. The van der Waals surface area contributed by atoms with Gasteiger partial charge in [0.1, 0.15) is 0 Å². The molecule has 7 nitrogen and oxygen atoms in total. The van der Waals surface area contributed by atoms with Crippen LogP contribution in [-0.4, -0.2) is 60.3 Å². The normalized spacial score (nSPS) is 28.3. The van der Waals surface area contributed by atoms with E-state index in [0.717, 1.165) is 12.8 Å². The molecule has 2 aliphatic rings. The highest BCUT2D eigenvalue weighted by atomic mass is 16.5. The average Bonchev–Trinajstić information content (AvgIpc) is 3.14. The van der Waals surface area contributed by atoms with Gasteiger partial charge in [0.25, 0.3) is 5.91 Å². The maximum atomic E-state index is 11.9. The maximum Gasteiger partial charge on any atom is 0.317 e. The van der Waals surface area contributed by atoms with Crippen molar-refractivity contribution in [1.29, 1.82) is 0 Å². The zero-order chi connectivity index (χ0) is 15.5. The molecule has 1 saturated heterocycles. The van der Waals surface area contributed by atoms with Gasteiger partial charge in [0, 0.05) is 25.0 Å². The average molecular weight is 308 g/mol. The second kappa shape index (κ2) is 6.50. The Balaban J connectivity index is 1.55. The fourth-order valence-electron chi connectivity index (χ4n) is 3.44. The Hall–Kier alpha value is -1.86. The number of fused-ring (bicyclic) bond motifs is 1. The van der Waals surface area contributed by atoms with Crippen LogP contribution in [0.4, 0.5) is 0 Å². The van der Waals surface area contributed by atoms with E-state index in [1.165, 1.54) is 6.26 Å². The van der Waals surface area contributed by atoms with Crippen molar-refractivity contribution < 1.29 is 23.8 Å². The van der Waals surface area contributed by atoms with Gasteiger partial charge < -0.3 is 19.6 Å². The molecule has 1 aliphatic carbocycles. The summed E-state index contributed by atoms with van der Waals surface area (Å²) in [6.07, 6.45) is 3.28. The van der Waals surface area contributed by atoms with Gasteiger partial charge in [-0.15, -0.1) is 0 Å². The zero-order valence-corrected chi connectivity index (χ0v) is 12.2. The van der Waals surface area contributed by atoms with Gasteiger partial charge in [0.05, 0.1) is 25.5 Å². The van der Waals surface area contributed by atoms with Crippen molar-refractivity contribution in [2.45, 2.75) is 25.0 Å². The number of hydrogen-bond acceptors (Lipinski definition) is 5. The lowest BCUT2D eigenvalue weighted by atomic mass is 10.0. The minimum atomic E-state index is -0.810.